The molecule has 0 aromatic carbocycles. The average molecular weight is 271 g/mol. The lowest BCUT2D eigenvalue weighted by molar-refractivity contribution is -0.148. The smallest absolute Gasteiger partial charge is 0.308 e. The number of ether oxygens (including phenoxy) is 2. The molecule has 0 aromatic heterocycles. The van der Waals surface area contributed by atoms with Gasteiger partial charge in [-0.3, -0.25) is 4.79 Å². The Hall–Kier alpha value is -0.610. The molecule has 0 amide bonds. The molecule has 0 aromatic rings. The van der Waals surface area contributed by atoms with E-state index >= 15 is 0 Å². The van der Waals surface area contributed by atoms with Crippen LogP contribution in [-0.4, -0.2) is 49.3 Å². The van der Waals surface area contributed by atoms with E-state index < -0.39 is 0 Å². The Morgan fingerprint density at radius 3 is 2.47 bits per heavy atom. The van der Waals surface area contributed by atoms with Crippen LogP contribution in [0.2, 0.25) is 0 Å². The van der Waals surface area contributed by atoms with Crippen LogP contribution in [0.1, 0.15) is 47.0 Å². The number of rotatable bonds is 5. The van der Waals surface area contributed by atoms with Gasteiger partial charge < -0.3 is 14.4 Å². The van der Waals surface area contributed by atoms with Crippen molar-refractivity contribution in [3.05, 3.63) is 0 Å². The number of likely N-dealkylation sites (N-methyl/N-ethyl adjacent to an activating group) is 1. The van der Waals surface area contributed by atoms with Gasteiger partial charge in [0.05, 0.1) is 24.7 Å². The first kappa shape index (κ1) is 16.4. The summed E-state index contributed by atoms with van der Waals surface area (Å²) < 4.78 is 11.1. The molecule has 2 atom stereocenters. The lowest BCUT2D eigenvalue weighted by atomic mass is 9.95. The minimum Gasteiger partial charge on any atom is -0.466 e. The topological polar surface area (TPSA) is 38.8 Å². The SMILES string of the molecule is CCOC(=O)C1CCC(COC(C)(C)C)(N(C)C)C1. The molecule has 0 bridgehead atoms. The minimum atomic E-state index is -0.148. The van der Waals surface area contributed by atoms with Crippen molar-refractivity contribution >= 4 is 5.97 Å². The maximum absolute atomic E-state index is 11.9. The Kier molecular flexibility index (Phi) is 5.39. The van der Waals surface area contributed by atoms with Crippen molar-refractivity contribution in [2.24, 2.45) is 5.92 Å². The Labute approximate surface area is 117 Å². The number of esters is 1. The molecule has 19 heavy (non-hydrogen) atoms. The van der Waals surface area contributed by atoms with Gasteiger partial charge in [-0.1, -0.05) is 0 Å². The summed E-state index contributed by atoms with van der Waals surface area (Å²) in [5.74, 6) is -0.0343. The molecule has 0 aliphatic heterocycles. The van der Waals surface area contributed by atoms with Gasteiger partial charge in [-0.2, -0.15) is 0 Å². The molecular formula is C15H29NO3. The molecule has 4 nitrogen and oxygen atoms in total. The van der Waals surface area contributed by atoms with Gasteiger partial charge >= 0.3 is 5.97 Å². The normalized spacial score (nSPS) is 27.8. The average Bonchev–Trinajstić information content (AvgIpc) is 2.71. The van der Waals surface area contributed by atoms with E-state index in [4.69, 9.17) is 9.47 Å². The number of carbonyl (C=O) groups is 1. The largest absolute Gasteiger partial charge is 0.466 e. The Morgan fingerprint density at radius 1 is 1.37 bits per heavy atom. The molecule has 4 heteroatoms. The lowest BCUT2D eigenvalue weighted by Crippen LogP contribution is -2.48. The Balaban J connectivity index is 2.67. The van der Waals surface area contributed by atoms with Gasteiger partial charge in [-0.15, -0.1) is 0 Å². The molecule has 1 aliphatic carbocycles. The fourth-order valence-corrected chi connectivity index (χ4v) is 2.58. The number of hydrogen-bond donors (Lipinski definition) is 0. The van der Waals surface area contributed by atoms with E-state index in [1.54, 1.807) is 0 Å². The van der Waals surface area contributed by atoms with E-state index in [0.29, 0.717) is 13.2 Å². The highest BCUT2D eigenvalue weighted by atomic mass is 16.5. The van der Waals surface area contributed by atoms with E-state index in [2.05, 4.69) is 39.8 Å². The van der Waals surface area contributed by atoms with E-state index in [1.807, 2.05) is 6.92 Å². The van der Waals surface area contributed by atoms with Crippen molar-refractivity contribution in [3.63, 3.8) is 0 Å². The van der Waals surface area contributed by atoms with Crippen LogP contribution in [0.4, 0.5) is 0 Å². The van der Waals surface area contributed by atoms with E-state index in [0.717, 1.165) is 19.3 Å². The van der Waals surface area contributed by atoms with Crippen LogP contribution in [0.15, 0.2) is 0 Å². The first-order valence-electron chi connectivity index (χ1n) is 7.18. The summed E-state index contributed by atoms with van der Waals surface area (Å²) >= 11 is 0. The van der Waals surface area contributed by atoms with Gasteiger partial charge in [0.2, 0.25) is 0 Å². The molecule has 1 aliphatic rings. The van der Waals surface area contributed by atoms with Gasteiger partial charge in [0.1, 0.15) is 0 Å². The van der Waals surface area contributed by atoms with Crippen LogP contribution < -0.4 is 0 Å². The van der Waals surface area contributed by atoms with Crippen molar-refractivity contribution in [3.8, 4) is 0 Å². The summed E-state index contributed by atoms with van der Waals surface area (Å²) in [7, 11) is 4.14. The molecule has 0 spiro atoms. The van der Waals surface area contributed by atoms with E-state index in [-0.39, 0.29) is 23.0 Å². The monoisotopic (exact) mass is 271 g/mol. The second kappa shape index (κ2) is 6.23. The highest BCUT2D eigenvalue weighted by Gasteiger charge is 2.44. The van der Waals surface area contributed by atoms with Crippen molar-refractivity contribution in [2.75, 3.05) is 27.3 Å². The van der Waals surface area contributed by atoms with Crippen molar-refractivity contribution in [2.45, 2.75) is 58.1 Å². The van der Waals surface area contributed by atoms with Crippen LogP contribution in [-0.2, 0) is 14.3 Å². The maximum atomic E-state index is 11.9. The Morgan fingerprint density at radius 2 is 2.00 bits per heavy atom. The summed E-state index contributed by atoms with van der Waals surface area (Å²) in [6, 6.07) is 0. The third-order valence-corrected chi connectivity index (χ3v) is 3.93. The fraction of sp³-hybridized carbons (Fsp3) is 0.933. The third-order valence-electron chi connectivity index (χ3n) is 3.93. The summed E-state index contributed by atoms with van der Waals surface area (Å²) in [4.78, 5) is 14.1. The number of nitrogens with zero attached hydrogens (tertiary/aromatic N) is 1. The molecule has 0 heterocycles. The molecule has 0 radical (unpaired) electrons. The highest BCUT2D eigenvalue weighted by Crippen LogP contribution is 2.39. The van der Waals surface area contributed by atoms with Crippen LogP contribution in [0, 0.1) is 5.92 Å². The van der Waals surface area contributed by atoms with E-state index in [1.165, 1.54) is 0 Å². The van der Waals surface area contributed by atoms with Crippen LogP contribution >= 0.6 is 0 Å². The minimum absolute atomic E-state index is 0.0194. The summed E-state index contributed by atoms with van der Waals surface area (Å²) in [5.41, 5.74) is -0.185. The number of carbonyl (C=O) groups excluding carboxylic acids is 1. The van der Waals surface area contributed by atoms with Gasteiger partial charge in [-0.25, -0.2) is 0 Å². The van der Waals surface area contributed by atoms with Crippen molar-refractivity contribution in [1.29, 1.82) is 0 Å². The molecule has 1 saturated carbocycles. The lowest BCUT2D eigenvalue weighted by Gasteiger charge is -2.38. The van der Waals surface area contributed by atoms with Crippen LogP contribution in [0.5, 0.6) is 0 Å². The first-order valence-corrected chi connectivity index (χ1v) is 7.18. The predicted octanol–water partition coefficient (Wildman–Crippen LogP) is 2.47. The second-order valence-electron chi connectivity index (χ2n) is 6.71. The highest BCUT2D eigenvalue weighted by molar-refractivity contribution is 5.73. The van der Waals surface area contributed by atoms with Gasteiger partial charge in [-0.05, 0) is 61.1 Å². The quantitative estimate of drug-likeness (QED) is 0.720. The first-order chi connectivity index (χ1) is 8.70. The number of hydrogen-bond acceptors (Lipinski definition) is 4. The molecule has 1 rings (SSSR count). The fourth-order valence-electron chi connectivity index (χ4n) is 2.58. The molecule has 0 saturated heterocycles. The molecule has 112 valence electrons. The van der Waals surface area contributed by atoms with Gasteiger partial charge in [0, 0.05) is 5.54 Å². The second-order valence-corrected chi connectivity index (χ2v) is 6.71. The zero-order valence-electron chi connectivity index (χ0n) is 13.3. The summed E-state index contributed by atoms with van der Waals surface area (Å²) in [6.07, 6.45) is 2.71. The molecule has 0 N–H and O–H groups in total. The van der Waals surface area contributed by atoms with Crippen LogP contribution in [0.25, 0.3) is 0 Å². The van der Waals surface area contributed by atoms with Gasteiger partial charge in [0.15, 0.2) is 0 Å². The maximum Gasteiger partial charge on any atom is 0.308 e. The van der Waals surface area contributed by atoms with Gasteiger partial charge in [0.25, 0.3) is 0 Å². The standard InChI is InChI=1S/C15H29NO3/c1-7-18-13(17)12-8-9-15(10-12,16(5)6)11-19-14(2,3)4/h12H,7-11H2,1-6H3. The zero-order valence-corrected chi connectivity index (χ0v) is 13.3. The predicted molar refractivity (Wildman–Crippen MR) is 76.1 cm³/mol. The summed E-state index contributed by atoms with van der Waals surface area (Å²) in [5, 5.41) is 0. The van der Waals surface area contributed by atoms with E-state index in [9.17, 15) is 4.79 Å². The molecular weight excluding hydrogens is 242 g/mol. The van der Waals surface area contributed by atoms with Crippen LogP contribution in [0.3, 0.4) is 0 Å². The van der Waals surface area contributed by atoms with Crippen molar-refractivity contribution < 1.29 is 14.3 Å². The molecule has 2 unspecified atom stereocenters. The van der Waals surface area contributed by atoms with Crippen molar-refractivity contribution in [1.82, 2.24) is 4.90 Å². The zero-order chi connectivity index (χ0) is 14.7. The Bertz CT molecular complexity index is 309. The summed E-state index contributed by atoms with van der Waals surface area (Å²) in [6.45, 7) is 9.17. The molecule has 1 fully saturated rings. The third kappa shape index (κ3) is 4.46.